The number of halogens is 1. The van der Waals surface area contributed by atoms with Gasteiger partial charge < -0.3 is 24.8 Å². The molecule has 1 aliphatic heterocycles. The van der Waals surface area contributed by atoms with Gasteiger partial charge in [-0.15, -0.1) is 0 Å². The second kappa shape index (κ2) is 16.3. The number of benzene rings is 1. The minimum atomic E-state index is -3.94. The Labute approximate surface area is 324 Å². The predicted octanol–water partition coefficient (Wildman–Crippen LogP) is 4.12. The Bertz CT molecular complexity index is 2130. The van der Waals surface area contributed by atoms with Gasteiger partial charge in [0.05, 0.1) is 23.4 Å². The first-order chi connectivity index (χ1) is 26.8. The number of allylic oxidation sites excluding steroid dienone is 2. The lowest BCUT2D eigenvalue weighted by atomic mass is 10.0. The summed E-state index contributed by atoms with van der Waals surface area (Å²) in [7, 11) is -3.94. The Balaban J connectivity index is 1.08. The highest BCUT2D eigenvalue weighted by Gasteiger charge is 2.51. The average molecular weight is 794 g/mol. The fourth-order valence-electron chi connectivity index (χ4n) is 6.81. The average Bonchev–Trinajstić information content (AvgIpc) is 4.13. The van der Waals surface area contributed by atoms with Gasteiger partial charge in [-0.2, -0.15) is 0 Å². The number of likely N-dealkylation sites (tertiary alicyclic amines) is 1. The van der Waals surface area contributed by atoms with Gasteiger partial charge in [-0.05, 0) is 89.7 Å². The molecule has 3 aliphatic carbocycles. The fraction of sp³-hybridized carbons (Fsp3) is 0.564. The highest BCUT2D eigenvalue weighted by molar-refractivity contribution is 7.91. The van der Waals surface area contributed by atoms with E-state index in [4.69, 9.17) is 9.26 Å². The number of nitrogens with one attached hydrogen (secondary N) is 3. The molecule has 4 amide bonds. The number of hydrogen-bond acceptors (Lipinski definition) is 11. The number of ether oxygens (including phenoxy) is 1. The summed E-state index contributed by atoms with van der Waals surface area (Å²) in [5.41, 5.74) is 0.745. The highest BCUT2D eigenvalue weighted by Crippen LogP contribution is 2.42. The molecular weight excluding hydrogens is 746 g/mol. The molecule has 2 aromatic heterocycles. The molecule has 3 aromatic rings. The summed E-state index contributed by atoms with van der Waals surface area (Å²) >= 11 is 0. The molecule has 4 fully saturated rings. The van der Waals surface area contributed by atoms with E-state index in [1.807, 2.05) is 4.72 Å². The van der Waals surface area contributed by atoms with Crippen LogP contribution in [0.4, 0.5) is 4.39 Å². The molecule has 7 rings (SSSR count). The van der Waals surface area contributed by atoms with Gasteiger partial charge in [-0.1, -0.05) is 36.2 Å². The van der Waals surface area contributed by atoms with Crippen molar-refractivity contribution in [2.75, 3.05) is 13.1 Å². The van der Waals surface area contributed by atoms with Crippen LogP contribution in [0.2, 0.25) is 0 Å². The van der Waals surface area contributed by atoms with E-state index in [0.29, 0.717) is 42.2 Å². The predicted molar refractivity (Wildman–Crippen MR) is 201 cm³/mol. The maximum absolute atomic E-state index is 14.7. The van der Waals surface area contributed by atoms with Crippen LogP contribution in [0.3, 0.4) is 0 Å². The summed E-state index contributed by atoms with van der Waals surface area (Å²) in [4.78, 5) is 64.5. The lowest BCUT2D eigenvalue weighted by Gasteiger charge is -2.28. The normalized spacial score (nSPS) is 20.9. The van der Waals surface area contributed by atoms with Crippen molar-refractivity contribution in [1.29, 1.82) is 0 Å². The first-order valence-corrected chi connectivity index (χ1v) is 21.0. The zero-order valence-corrected chi connectivity index (χ0v) is 32.4. The van der Waals surface area contributed by atoms with Gasteiger partial charge in [-0.3, -0.25) is 23.9 Å². The van der Waals surface area contributed by atoms with Crippen molar-refractivity contribution >= 4 is 44.7 Å². The van der Waals surface area contributed by atoms with Gasteiger partial charge >= 0.3 is 0 Å². The van der Waals surface area contributed by atoms with Crippen LogP contribution >= 0.6 is 0 Å². The minimum Gasteiger partial charge on any atom is -0.471 e. The summed E-state index contributed by atoms with van der Waals surface area (Å²) in [5.74, 6) is -1.83. The van der Waals surface area contributed by atoms with Gasteiger partial charge in [-0.25, -0.2) is 22.8 Å². The summed E-state index contributed by atoms with van der Waals surface area (Å²) in [6, 6.07) is 3.75. The number of unbranched alkanes of at least 4 members (excludes halogenated alkanes) is 3. The smallest absolute Gasteiger partial charge is 0.274 e. The van der Waals surface area contributed by atoms with Crippen LogP contribution in [-0.2, 0) is 24.4 Å². The van der Waals surface area contributed by atoms with Gasteiger partial charge in [0.2, 0.25) is 27.7 Å². The van der Waals surface area contributed by atoms with E-state index >= 15 is 0 Å². The number of para-hydroxylation sites is 1. The van der Waals surface area contributed by atoms with Crippen molar-refractivity contribution < 1.29 is 41.2 Å². The number of carbonyl (C=O) groups is 4. The number of hydrogen-bond donors (Lipinski definition) is 3. The molecular formula is C39H48FN7O8S. The van der Waals surface area contributed by atoms with Crippen LogP contribution in [0.25, 0.3) is 11.0 Å². The molecule has 3 saturated carbocycles. The van der Waals surface area contributed by atoms with Crippen LogP contribution < -0.4 is 20.1 Å². The second-order valence-electron chi connectivity index (χ2n) is 15.7. The van der Waals surface area contributed by atoms with Crippen LogP contribution in [0.1, 0.15) is 112 Å². The van der Waals surface area contributed by atoms with Crippen molar-refractivity contribution in [1.82, 2.24) is 35.4 Å². The first kappa shape index (κ1) is 39.3. The summed E-state index contributed by atoms with van der Waals surface area (Å²) in [6.45, 7) is 2.42. The summed E-state index contributed by atoms with van der Waals surface area (Å²) in [5, 5.41) is 9.25. The molecule has 300 valence electrons. The summed E-state index contributed by atoms with van der Waals surface area (Å²) < 4.78 is 52.5. The third-order valence-corrected chi connectivity index (χ3v) is 13.1. The zero-order chi connectivity index (χ0) is 39.6. The van der Waals surface area contributed by atoms with Crippen LogP contribution in [0.15, 0.2) is 40.9 Å². The molecule has 1 aromatic carbocycles. The largest absolute Gasteiger partial charge is 0.471 e. The Hall–Kier alpha value is -4.93. The molecule has 1 saturated heterocycles. The van der Waals surface area contributed by atoms with E-state index in [0.717, 1.165) is 32.1 Å². The maximum Gasteiger partial charge on any atom is 0.274 e. The number of carbonyl (C=O) groups excluding carboxylic acids is 4. The standard InChI is InChI=1S/C39H48FN7O8S/c1-23-37(44-34-27(40)10-8-12-28(34)42-23)54-26-19-31(36(50)41-21-33(48)46-56(52,53)39(2)17-18-39)47(22-26)38(51)29(11-7-5-3-4-6-9-24-13-14-24)43-35(49)30-20-32(55-45-30)25-15-16-25/h6,8-10,12,20,24-26,29,31H,3-5,7,11,13-19,21-22H2,1-2H3,(H,41,50)(H,43,49)(H,46,48)/b9-6-/t26-,29+,31+/m1/s1. The van der Waals surface area contributed by atoms with E-state index in [1.165, 1.54) is 36.8 Å². The highest BCUT2D eigenvalue weighted by atomic mass is 32.2. The number of nitrogens with zero attached hydrogens (tertiary/aromatic N) is 4. The van der Waals surface area contributed by atoms with E-state index in [-0.39, 0.29) is 42.4 Å². The Morgan fingerprint density at radius 3 is 2.62 bits per heavy atom. The quantitative estimate of drug-likeness (QED) is 0.124. The second-order valence-corrected chi connectivity index (χ2v) is 17.9. The number of fused-ring (bicyclic) bond motifs is 1. The topological polar surface area (TPSA) is 203 Å². The van der Waals surface area contributed by atoms with Crippen molar-refractivity contribution in [2.45, 2.75) is 120 Å². The molecule has 0 unspecified atom stereocenters. The van der Waals surface area contributed by atoms with Crippen molar-refractivity contribution in [2.24, 2.45) is 5.92 Å². The molecule has 15 nitrogen and oxygen atoms in total. The van der Waals surface area contributed by atoms with E-state index < -0.39 is 68.9 Å². The Morgan fingerprint density at radius 1 is 1.11 bits per heavy atom. The van der Waals surface area contributed by atoms with Gasteiger partial charge in [0.15, 0.2) is 11.5 Å². The van der Waals surface area contributed by atoms with Crippen molar-refractivity contribution in [3.8, 4) is 5.88 Å². The number of rotatable bonds is 18. The number of amides is 4. The third kappa shape index (κ3) is 9.36. The molecule has 3 atom stereocenters. The molecule has 17 heteroatoms. The molecule has 56 heavy (non-hydrogen) atoms. The van der Waals surface area contributed by atoms with E-state index in [1.54, 1.807) is 19.1 Å². The maximum atomic E-state index is 14.7. The Kier molecular flexibility index (Phi) is 11.4. The fourth-order valence-corrected chi connectivity index (χ4v) is 8.07. The molecule has 4 aliphatic rings. The molecule has 0 spiro atoms. The Morgan fingerprint density at radius 2 is 1.89 bits per heavy atom. The third-order valence-electron chi connectivity index (χ3n) is 10.9. The van der Waals surface area contributed by atoms with Crippen LogP contribution in [0, 0.1) is 18.7 Å². The van der Waals surface area contributed by atoms with E-state index in [9.17, 15) is 32.0 Å². The van der Waals surface area contributed by atoms with Gasteiger partial charge in [0.1, 0.15) is 35.2 Å². The van der Waals surface area contributed by atoms with Crippen LogP contribution in [-0.4, -0.2) is 88.1 Å². The molecule has 3 N–H and O–H groups in total. The molecule has 3 heterocycles. The monoisotopic (exact) mass is 793 g/mol. The van der Waals surface area contributed by atoms with Crippen molar-refractivity contribution in [3.05, 3.63) is 59.4 Å². The lowest BCUT2D eigenvalue weighted by Crippen LogP contribution is -2.54. The molecule has 0 radical (unpaired) electrons. The van der Waals surface area contributed by atoms with Crippen LogP contribution in [0.5, 0.6) is 5.88 Å². The first-order valence-electron chi connectivity index (χ1n) is 19.5. The number of aryl methyl sites for hydroxylation is 1. The van der Waals surface area contributed by atoms with Gasteiger partial charge in [0, 0.05) is 18.4 Å². The van der Waals surface area contributed by atoms with Crippen molar-refractivity contribution in [3.63, 3.8) is 0 Å². The summed E-state index contributed by atoms with van der Waals surface area (Å²) in [6.07, 6.45) is 12.3. The van der Waals surface area contributed by atoms with E-state index in [2.05, 4.69) is 37.9 Å². The lowest BCUT2D eigenvalue weighted by molar-refractivity contribution is -0.140. The number of aromatic nitrogens is 3. The molecule has 0 bridgehead atoms. The minimum absolute atomic E-state index is 0.00199. The number of sulfonamides is 1. The van der Waals surface area contributed by atoms with Gasteiger partial charge in [0.25, 0.3) is 11.8 Å². The zero-order valence-electron chi connectivity index (χ0n) is 31.6. The SMILES string of the molecule is Cc1nc2cccc(F)c2nc1O[C@@H]1C[C@@H](C(=O)NCC(=O)NS(=O)(=O)C2(C)CC2)N(C(=O)[C@H](CCCCC/C=C\C2CC2)NC(=O)c2cc(C3CC3)on2)C1.